The van der Waals surface area contributed by atoms with Crippen molar-refractivity contribution in [1.29, 1.82) is 0 Å². The Bertz CT molecular complexity index is 1800. The van der Waals surface area contributed by atoms with Gasteiger partial charge in [0.25, 0.3) is 0 Å². The number of aromatic nitrogens is 3. The first-order valence-corrected chi connectivity index (χ1v) is 14.8. The highest BCUT2D eigenvalue weighted by Crippen LogP contribution is 2.34. The molecule has 6 nitrogen and oxygen atoms in total. The van der Waals surface area contributed by atoms with Crippen molar-refractivity contribution in [2.45, 2.75) is 32.7 Å². The van der Waals surface area contributed by atoms with Crippen molar-refractivity contribution in [3.05, 3.63) is 132 Å². The third-order valence-corrected chi connectivity index (χ3v) is 7.60. The summed E-state index contributed by atoms with van der Waals surface area (Å²) in [6.07, 6.45) is 7.40. The van der Waals surface area contributed by atoms with Gasteiger partial charge in [-0.2, -0.15) is 5.10 Å². The van der Waals surface area contributed by atoms with Crippen LogP contribution in [0.2, 0.25) is 0 Å². The number of H-pyrrole nitrogens is 1. The van der Waals surface area contributed by atoms with E-state index in [9.17, 15) is 4.79 Å². The molecule has 0 radical (unpaired) electrons. The molecule has 6 aromatic rings. The normalized spacial score (nSPS) is 11.1. The van der Waals surface area contributed by atoms with E-state index in [0.29, 0.717) is 31.1 Å². The zero-order valence-electron chi connectivity index (χ0n) is 24.3. The molecule has 0 bridgehead atoms. The van der Waals surface area contributed by atoms with Gasteiger partial charge in [-0.3, -0.25) is 5.10 Å². The van der Waals surface area contributed by atoms with Gasteiger partial charge in [-0.1, -0.05) is 84.9 Å². The first-order valence-electron chi connectivity index (χ1n) is 14.8. The van der Waals surface area contributed by atoms with Crippen LogP contribution in [-0.4, -0.2) is 33.9 Å². The minimum atomic E-state index is -0.414. The van der Waals surface area contributed by atoms with Crippen LogP contribution in [0.5, 0.6) is 5.75 Å². The van der Waals surface area contributed by atoms with Crippen molar-refractivity contribution in [3.63, 3.8) is 0 Å². The topological polar surface area (TPSA) is 69.1 Å². The number of ether oxygens (including phenoxy) is 2. The molecule has 0 fully saturated rings. The molecule has 0 saturated carbocycles. The molecule has 0 aliphatic carbocycles. The van der Waals surface area contributed by atoms with E-state index in [1.54, 1.807) is 13.0 Å². The Kier molecular flexibility index (Phi) is 8.64. The van der Waals surface area contributed by atoms with Crippen LogP contribution in [0.3, 0.4) is 0 Å². The fourth-order valence-corrected chi connectivity index (χ4v) is 5.43. The van der Waals surface area contributed by atoms with Crippen molar-refractivity contribution in [2.75, 3.05) is 13.2 Å². The summed E-state index contributed by atoms with van der Waals surface area (Å²) in [5.74, 6) is 0.438. The third kappa shape index (κ3) is 6.70. The van der Waals surface area contributed by atoms with E-state index in [1.807, 2.05) is 12.1 Å². The summed E-state index contributed by atoms with van der Waals surface area (Å²) in [6, 6.07) is 35.4. The Morgan fingerprint density at radius 1 is 0.837 bits per heavy atom. The van der Waals surface area contributed by atoms with Crippen LogP contribution in [0.15, 0.2) is 116 Å². The van der Waals surface area contributed by atoms with E-state index in [1.165, 1.54) is 21.9 Å². The standard InChI is InChI=1S/C37H35N3O3/c1-2-42-37(41)36-23-35(38-39-36)34-26-40(24-30-16-10-15-28-14-6-7-17-32(28)30)25-33(34)29-18-20-31(21-19-29)43-22-9-8-13-27-11-4-3-5-12-27/h3-7,10-12,14-21,23,25-26H,2,8-9,13,22,24H2,1H3,(H,38,39). The first-order chi connectivity index (χ1) is 21.2. The number of unbranched alkanes of at least 4 members (excludes halogenated alkanes) is 1. The number of benzene rings is 4. The molecule has 0 unspecified atom stereocenters. The molecule has 0 amide bonds. The predicted molar refractivity (Wildman–Crippen MR) is 171 cm³/mol. The van der Waals surface area contributed by atoms with Gasteiger partial charge in [0, 0.05) is 30.1 Å². The molecule has 0 spiro atoms. The third-order valence-electron chi connectivity index (χ3n) is 7.60. The van der Waals surface area contributed by atoms with Crippen LogP contribution < -0.4 is 4.74 Å². The zero-order chi connectivity index (χ0) is 29.4. The highest BCUT2D eigenvalue weighted by molar-refractivity contribution is 5.90. The van der Waals surface area contributed by atoms with Gasteiger partial charge < -0.3 is 14.0 Å². The lowest BCUT2D eigenvalue weighted by Crippen LogP contribution is -2.04. The summed E-state index contributed by atoms with van der Waals surface area (Å²) in [5, 5.41) is 9.78. The Morgan fingerprint density at radius 3 is 2.44 bits per heavy atom. The molecule has 4 aromatic carbocycles. The van der Waals surface area contributed by atoms with Crippen molar-refractivity contribution in [3.8, 4) is 28.1 Å². The summed E-state index contributed by atoms with van der Waals surface area (Å²) in [6.45, 7) is 3.48. The van der Waals surface area contributed by atoms with Crippen LogP contribution in [0.25, 0.3) is 33.2 Å². The minimum Gasteiger partial charge on any atom is -0.494 e. The number of esters is 1. The number of rotatable bonds is 12. The number of hydrogen-bond acceptors (Lipinski definition) is 4. The Labute approximate surface area is 251 Å². The average Bonchev–Trinajstić information content (AvgIpc) is 3.70. The van der Waals surface area contributed by atoms with Crippen LogP contribution >= 0.6 is 0 Å². The second-order valence-corrected chi connectivity index (χ2v) is 10.6. The van der Waals surface area contributed by atoms with Crippen molar-refractivity contribution >= 4 is 16.7 Å². The van der Waals surface area contributed by atoms with Gasteiger partial charge in [0.2, 0.25) is 0 Å². The molecule has 1 N–H and O–H groups in total. The van der Waals surface area contributed by atoms with Gasteiger partial charge in [-0.15, -0.1) is 0 Å². The van der Waals surface area contributed by atoms with Gasteiger partial charge in [-0.05, 0) is 71.8 Å². The molecular weight excluding hydrogens is 534 g/mol. The molecule has 2 aromatic heterocycles. The van der Waals surface area contributed by atoms with Crippen LogP contribution in [0.1, 0.15) is 41.4 Å². The first kappa shape index (κ1) is 28.0. The van der Waals surface area contributed by atoms with Crippen molar-refractivity contribution in [2.24, 2.45) is 0 Å². The number of carbonyl (C=O) groups is 1. The van der Waals surface area contributed by atoms with Crippen molar-refractivity contribution < 1.29 is 14.3 Å². The number of nitrogens with one attached hydrogen (secondary N) is 1. The van der Waals surface area contributed by atoms with E-state index in [0.717, 1.165) is 41.7 Å². The molecule has 6 rings (SSSR count). The lowest BCUT2D eigenvalue weighted by molar-refractivity contribution is 0.0519. The van der Waals surface area contributed by atoms with E-state index in [4.69, 9.17) is 9.47 Å². The van der Waals surface area contributed by atoms with Crippen LogP contribution in [-0.2, 0) is 17.7 Å². The molecule has 0 aliphatic heterocycles. The quantitative estimate of drug-likeness (QED) is 0.119. The van der Waals surface area contributed by atoms with E-state index >= 15 is 0 Å². The summed E-state index contributed by atoms with van der Waals surface area (Å²) in [5.41, 5.74) is 6.62. The highest BCUT2D eigenvalue weighted by atomic mass is 16.5. The second kappa shape index (κ2) is 13.3. The molecule has 0 saturated heterocycles. The Morgan fingerprint density at radius 2 is 1.60 bits per heavy atom. The maximum Gasteiger partial charge on any atom is 0.356 e. The fraction of sp³-hybridized carbons (Fsp3) is 0.189. The number of fused-ring (bicyclic) bond motifs is 1. The van der Waals surface area contributed by atoms with Gasteiger partial charge in [0.15, 0.2) is 0 Å². The van der Waals surface area contributed by atoms with Crippen LogP contribution in [0, 0.1) is 0 Å². The summed E-state index contributed by atoms with van der Waals surface area (Å²) in [4.78, 5) is 12.3. The maximum atomic E-state index is 12.3. The fourth-order valence-electron chi connectivity index (χ4n) is 5.43. The Hall–Kier alpha value is -5.10. The minimum absolute atomic E-state index is 0.307. The number of hydrogen-bond donors (Lipinski definition) is 1. The smallest absolute Gasteiger partial charge is 0.356 e. The molecular formula is C37H35N3O3. The molecule has 0 aliphatic rings. The van der Waals surface area contributed by atoms with Gasteiger partial charge >= 0.3 is 5.97 Å². The Balaban J connectivity index is 1.22. The lowest BCUT2D eigenvalue weighted by atomic mass is 10.0. The largest absolute Gasteiger partial charge is 0.494 e. The molecule has 0 atom stereocenters. The lowest BCUT2D eigenvalue weighted by Gasteiger charge is -2.08. The highest BCUT2D eigenvalue weighted by Gasteiger charge is 2.18. The average molecular weight is 570 g/mol. The van der Waals surface area contributed by atoms with Gasteiger partial charge in [-0.25, -0.2) is 4.79 Å². The number of aryl methyl sites for hydroxylation is 1. The number of carbonyl (C=O) groups excluding carboxylic acids is 1. The van der Waals surface area contributed by atoms with Crippen LogP contribution in [0.4, 0.5) is 0 Å². The summed E-state index contributed by atoms with van der Waals surface area (Å²) < 4.78 is 13.4. The molecule has 216 valence electrons. The monoisotopic (exact) mass is 569 g/mol. The van der Waals surface area contributed by atoms with E-state index in [-0.39, 0.29) is 0 Å². The summed E-state index contributed by atoms with van der Waals surface area (Å²) >= 11 is 0. The zero-order valence-corrected chi connectivity index (χ0v) is 24.3. The predicted octanol–water partition coefficient (Wildman–Crippen LogP) is 8.33. The van der Waals surface area contributed by atoms with Crippen molar-refractivity contribution in [1.82, 2.24) is 14.8 Å². The molecule has 2 heterocycles. The number of nitrogens with zero attached hydrogens (tertiary/aromatic N) is 2. The van der Waals surface area contributed by atoms with Gasteiger partial charge in [0.05, 0.1) is 18.9 Å². The van der Waals surface area contributed by atoms with E-state index < -0.39 is 5.97 Å². The SMILES string of the molecule is CCOC(=O)c1cc(-c2cn(Cc3cccc4ccccc34)cc2-c2ccc(OCCCCc3ccccc3)cc2)n[nH]1. The molecule has 6 heteroatoms. The van der Waals surface area contributed by atoms with Gasteiger partial charge in [0.1, 0.15) is 11.4 Å². The molecule has 43 heavy (non-hydrogen) atoms. The maximum absolute atomic E-state index is 12.3. The number of aromatic amines is 1. The summed E-state index contributed by atoms with van der Waals surface area (Å²) in [7, 11) is 0. The van der Waals surface area contributed by atoms with E-state index in [2.05, 4.69) is 112 Å². The second-order valence-electron chi connectivity index (χ2n) is 10.6.